The Bertz CT molecular complexity index is 810. The summed E-state index contributed by atoms with van der Waals surface area (Å²) in [4.78, 5) is 32.8. The first-order valence-electron chi connectivity index (χ1n) is 7.90. The van der Waals surface area contributed by atoms with Gasteiger partial charge in [-0.3, -0.25) is 14.3 Å². The topological polar surface area (TPSA) is 93.1 Å². The number of amides is 1. The van der Waals surface area contributed by atoms with Crippen molar-refractivity contribution < 1.29 is 9.53 Å². The zero-order valence-electron chi connectivity index (χ0n) is 14.1. The van der Waals surface area contributed by atoms with E-state index in [1.807, 2.05) is 19.9 Å². The minimum absolute atomic E-state index is 0.0175. The largest absolute Gasteiger partial charge is 0.368 e. The lowest BCUT2D eigenvalue weighted by Gasteiger charge is -2.32. The first-order chi connectivity index (χ1) is 11.4. The standard InChI is InChI=1S/C16H21N5O3/c1-10-6-11(2)21(19-10)9-16(23)20-4-5-24-14(8-20)13-7-15(22)18-12(3)17-13/h6-7,14H,4-5,8-9H2,1-3H3,(H,17,18,22)/t14-/m1/s1. The lowest BCUT2D eigenvalue weighted by molar-refractivity contribution is -0.140. The molecule has 3 heterocycles. The van der Waals surface area contributed by atoms with E-state index in [0.29, 0.717) is 31.2 Å². The van der Waals surface area contributed by atoms with Crippen LogP contribution >= 0.6 is 0 Å². The third kappa shape index (κ3) is 3.53. The first kappa shape index (κ1) is 16.4. The molecule has 2 aromatic rings. The van der Waals surface area contributed by atoms with Crippen molar-refractivity contribution in [3.8, 4) is 0 Å². The lowest BCUT2D eigenvalue weighted by Crippen LogP contribution is -2.44. The Kier molecular flexibility index (Phi) is 4.48. The first-order valence-corrected chi connectivity index (χ1v) is 7.90. The minimum Gasteiger partial charge on any atom is -0.368 e. The number of carbonyl (C=O) groups excluding carboxylic acids is 1. The van der Waals surface area contributed by atoms with Gasteiger partial charge in [-0.25, -0.2) is 4.98 Å². The number of aryl methyl sites for hydroxylation is 3. The fourth-order valence-electron chi connectivity index (χ4n) is 2.89. The van der Waals surface area contributed by atoms with Crippen molar-refractivity contribution in [2.45, 2.75) is 33.4 Å². The molecule has 1 N–H and O–H groups in total. The van der Waals surface area contributed by atoms with E-state index in [-0.39, 0.29) is 24.1 Å². The van der Waals surface area contributed by atoms with Crippen molar-refractivity contribution in [1.82, 2.24) is 24.6 Å². The molecule has 1 fully saturated rings. The van der Waals surface area contributed by atoms with Gasteiger partial charge in [0.15, 0.2) is 0 Å². The van der Waals surface area contributed by atoms with Crippen LogP contribution in [-0.4, -0.2) is 50.3 Å². The SMILES string of the molecule is Cc1cc(C)n(CC(=O)N2CCO[C@@H](c3cc(=O)[nH]c(C)n3)C2)n1. The number of hydrogen-bond acceptors (Lipinski definition) is 5. The number of morpholine rings is 1. The van der Waals surface area contributed by atoms with Crippen LogP contribution in [0.2, 0.25) is 0 Å². The second-order valence-corrected chi connectivity index (χ2v) is 6.04. The summed E-state index contributed by atoms with van der Waals surface area (Å²) in [5.41, 5.74) is 2.19. The predicted molar refractivity (Wildman–Crippen MR) is 86.6 cm³/mol. The van der Waals surface area contributed by atoms with E-state index < -0.39 is 0 Å². The van der Waals surface area contributed by atoms with Gasteiger partial charge in [0.2, 0.25) is 5.91 Å². The Morgan fingerprint density at radius 2 is 2.17 bits per heavy atom. The molecule has 3 rings (SSSR count). The summed E-state index contributed by atoms with van der Waals surface area (Å²) in [6.45, 7) is 7.08. The highest BCUT2D eigenvalue weighted by molar-refractivity contribution is 5.76. The Morgan fingerprint density at radius 3 is 2.83 bits per heavy atom. The second-order valence-electron chi connectivity index (χ2n) is 6.04. The van der Waals surface area contributed by atoms with Crippen LogP contribution in [0, 0.1) is 20.8 Å². The van der Waals surface area contributed by atoms with Crippen LogP contribution in [0.4, 0.5) is 0 Å². The van der Waals surface area contributed by atoms with E-state index in [4.69, 9.17) is 4.74 Å². The van der Waals surface area contributed by atoms with Gasteiger partial charge in [-0.1, -0.05) is 0 Å². The molecule has 0 saturated carbocycles. The highest BCUT2D eigenvalue weighted by atomic mass is 16.5. The van der Waals surface area contributed by atoms with Gasteiger partial charge in [-0.2, -0.15) is 5.10 Å². The van der Waals surface area contributed by atoms with Crippen LogP contribution in [-0.2, 0) is 16.1 Å². The van der Waals surface area contributed by atoms with Crippen LogP contribution in [0.15, 0.2) is 16.9 Å². The molecule has 0 aromatic carbocycles. The number of aromatic nitrogens is 4. The molecule has 1 saturated heterocycles. The van der Waals surface area contributed by atoms with Crippen molar-refractivity contribution in [2.24, 2.45) is 0 Å². The molecule has 128 valence electrons. The second kappa shape index (κ2) is 6.56. The monoisotopic (exact) mass is 331 g/mol. The number of nitrogens with one attached hydrogen (secondary N) is 1. The third-order valence-corrected chi connectivity index (χ3v) is 4.02. The van der Waals surface area contributed by atoms with Crippen LogP contribution in [0.3, 0.4) is 0 Å². The van der Waals surface area contributed by atoms with E-state index in [0.717, 1.165) is 11.4 Å². The molecule has 8 nitrogen and oxygen atoms in total. The summed E-state index contributed by atoms with van der Waals surface area (Å²) in [5, 5.41) is 4.33. The summed E-state index contributed by atoms with van der Waals surface area (Å²) in [5.74, 6) is 0.517. The lowest BCUT2D eigenvalue weighted by atomic mass is 10.2. The fourth-order valence-corrected chi connectivity index (χ4v) is 2.89. The smallest absolute Gasteiger partial charge is 0.251 e. The number of hydrogen-bond donors (Lipinski definition) is 1. The maximum absolute atomic E-state index is 12.6. The molecule has 2 aromatic heterocycles. The maximum Gasteiger partial charge on any atom is 0.251 e. The summed E-state index contributed by atoms with van der Waals surface area (Å²) >= 11 is 0. The average molecular weight is 331 g/mol. The number of ether oxygens (including phenoxy) is 1. The molecule has 0 radical (unpaired) electrons. The quantitative estimate of drug-likeness (QED) is 0.883. The number of H-pyrrole nitrogens is 1. The van der Waals surface area contributed by atoms with Gasteiger partial charge < -0.3 is 14.6 Å². The molecule has 1 amide bonds. The molecule has 8 heteroatoms. The maximum atomic E-state index is 12.6. The van der Waals surface area contributed by atoms with Crippen molar-refractivity contribution in [2.75, 3.05) is 19.7 Å². The highest BCUT2D eigenvalue weighted by Crippen LogP contribution is 2.20. The van der Waals surface area contributed by atoms with Crippen molar-refractivity contribution >= 4 is 5.91 Å². The van der Waals surface area contributed by atoms with E-state index in [1.165, 1.54) is 6.07 Å². The number of rotatable bonds is 3. The fraction of sp³-hybridized carbons (Fsp3) is 0.500. The summed E-state index contributed by atoms with van der Waals surface area (Å²) < 4.78 is 7.41. The van der Waals surface area contributed by atoms with Crippen LogP contribution in [0.1, 0.15) is 29.0 Å². The van der Waals surface area contributed by atoms with E-state index in [1.54, 1.807) is 16.5 Å². The van der Waals surface area contributed by atoms with Crippen molar-refractivity contribution in [1.29, 1.82) is 0 Å². The number of carbonyl (C=O) groups is 1. The van der Waals surface area contributed by atoms with Crippen LogP contribution < -0.4 is 5.56 Å². The van der Waals surface area contributed by atoms with Crippen LogP contribution in [0.5, 0.6) is 0 Å². The van der Waals surface area contributed by atoms with Crippen molar-refractivity contribution in [3.63, 3.8) is 0 Å². The Balaban J connectivity index is 1.72. The molecular formula is C16H21N5O3. The van der Waals surface area contributed by atoms with E-state index in [9.17, 15) is 9.59 Å². The Hall–Kier alpha value is -2.48. The molecular weight excluding hydrogens is 310 g/mol. The third-order valence-electron chi connectivity index (χ3n) is 4.02. The van der Waals surface area contributed by atoms with Gasteiger partial charge >= 0.3 is 0 Å². The Labute approximate surface area is 139 Å². The van der Waals surface area contributed by atoms with Gasteiger partial charge in [-0.15, -0.1) is 0 Å². The molecule has 0 spiro atoms. The van der Waals surface area contributed by atoms with Crippen LogP contribution in [0.25, 0.3) is 0 Å². The summed E-state index contributed by atoms with van der Waals surface area (Å²) in [7, 11) is 0. The molecule has 1 aliphatic rings. The number of nitrogens with zero attached hydrogens (tertiary/aromatic N) is 4. The minimum atomic E-state index is -0.385. The van der Waals surface area contributed by atoms with Crippen molar-refractivity contribution in [3.05, 3.63) is 45.4 Å². The predicted octanol–water partition coefficient (Wildman–Crippen LogP) is 0.492. The van der Waals surface area contributed by atoms with Gasteiger partial charge in [0.25, 0.3) is 5.56 Å². The number of aromatic amines is 1. The summed E-state index contributed by atoms with van der Waals surface area (Å²) in [6, 6.07) is 3.37. The molecule has 1 atom stereocenters. The molecule has 0 aliphatic carbocycles. The zero-order valence-corrected chi connectivity index (χ0v) is 14.1. The molecule has 0 unspecified atom stereocenters. The summed E-state index contributed by atoms with van der Waals surface area (Å²) in [6.07, 6.45) is -0.385. The normalized spacial score (nSPS) is 18.0. The molecule has 24 heavy (non-hydrogen) atoms. The average Bonchev–Trinajstić information content (AvgIpc) is 2.84. The van der Waals surface area contributed by atoms with Gasteiger partial charge in [0.05, 0.1) is 24.5 Å². The molecule has 1 aliphatic heterocycles. The highest BCUT2D eigenvalue weighted by Gasteiger charge is 2.27. The van der Waals surface area contributed by atoms with Gasteiger partial charge in [0.1, 0.15) is 18.5 Å². The molecule has 0 bridgehead atoms. The van der Waals surface area contributed by atoms with E-state index in [2.05, 4.69) is 15.1 Å². The van der Waals surface area contributed by atoms with Gasteiger partial charge in [-0.05, 0) is 26.8 Å². The Morgan fingerprint density at radius 1 is 1.38 bits per heavy atom. The van der Waals surface area contributed by atoms with Gasteiger partial charge in [0, 0.05) is 18.3 Å². The van der Waals surface area contributed by atoms with E-state index >= 15 is 0 Å². The zero-order chi connectivity index (χ0) is 17.3.